The van der Waals surface area contributed by atoms with Gasteiger partial charge >= 0.3 is 0 Å². The maximum Gasteiger partial charge on any atom is 0.156 e. The first-order valence-electron chi connectivity index (χ1n) is 14.0. The van der Waals surface area contributed by atoms with Crippen LogP contribution in [-0.2, 0) is 9.59 Å². The lowest BCUT2D eigenvalue weighted by Gasteiger charge is -2.50. The second-order valence-electron chi connectivity index (χ2n) is 11.8. The lowest BCUT2D eigenvalue weighted by molar-refractivity contribution is -0.128. The number of likely N-dealkylation sites (tertiary alicyclic amines) is 1. The van der Waals surface area contributed by atoms with Gasteiger partial charge in [0.1, 0.15) is 18.1 Å². The van der Waals surface area contributed by atoms with Crippen LogP contribution in [0.5, 0.6) is 5.75 Å². The molecule has 186 valence electrons. The van der Waals surface area contributed by atoms with Crippen molar-refractivity contribution >= 4 is 11.6 Å². The Labute approximate surface area is 209 Å². The summed E-state index contributed by atoms with van der Waals surface area (Å²) < 4.78 is 6.11. The van der Waals surface area contributed by atoms with Gasteiger partial charge in [-0.1, -0.05) is 31.1 Å². The largest absolute Gasteiger partial charge is 0.492 e. The highest BCUT2D eigenvalue weighted by molar-refractivity contribution is 5.93. The van der Waals surface area contributed by atoms with E-state index in [4.69, 9.17) is 4.74 Å². The average Bonchev–Trinajstić information content (AvgIpc) is 3.18. The Morgan fingerprint density at radius 2 is 1.77 bits per heavy atom. The van der Waals surface area contributed by atoms with Crippen molar-refractivity contribution in [1.82, 2.24) is 4.90 Å². The van der Waals surface area contributed by atoms with Gasteiger partial charge in [0.05, 0.1) is 0 Å². The first-order chi connectivity index (χ1) is 17.0. The number of ether oxygens (including phenoxy) is 1. The van der Waals surface area contributed by atoms with Crippen molar-refractivity contribution in [3.8, 4) is 5.75 Å². The Hall–Kier alpha value is -2.20. The number of ketones is 2. The number of Topliss-reactive ketones (excluding diaryl/α,β-unsaturated/α-hetero) is 1. The van der Waals surface area contributed by atoms with Crippen LogP contribution in [0.25, 0.3) is 0 Å². The molecule has 2 saturated carbocycles. The molecule has 1 saturated heterocycles. The van der Waals surface area contributed by atoms with Gasteiger partial charge in [0.2, 0.25) is 0 Å². The van der Waals surface area contributed by atoms with Crippen LogP contribution in [0.2, 0.25) is 0 Å². The molecule has 4 heteroatoms. The average molecular weight is 474 g/mol. The van der Waals surface area contributed by atoms with Gasteiger partial charge < -0.3 is 4.74 Å². The second kappa shape index (κ2) is 9.35. The first kappa shape index (κ1) is 23.2. The summed E-state index contributed by atoms with van der Waals surface area (Å²) in [6.45, 7) is 6.37. The van der Waals surface area contributed by atoms with Gasteiger partial charge in [0.25, 0.3) is 0 Å². The zero-order chi connectivity index (χ0) is 24.0. The van der Waals surface area contributed by atoms with Crippen molar-refractivity contribution in [2.75, 3.05) is 26.2 Å². The van der Waals surface area contributed by atoms with Crippen molar-refractivity contribution in [2.24, 2.45) is 17.3 Å². The van der Waals surface area contributed by atoms with Crippen molar-refractivity contribution < 1.29 is 14.3 Å². The summed E-state index contributed by atoms with van der Waals surface area (Å²) in [7, 11) is 0. The summed E-state index contributed by atoms with van der Waals surface area (Å²) in [5.74, 6) is 2.88. The molecule has 1 heterocycles. The minimum Gasteiger partial charge on any atom is -0.492 e. The summed E-state index contributed by atoms with van der Waals surface area (Å²) >= 11 is 0. The van der Waals surface area contributed by atoms with E-state index in [1.807, 2.05) is 6.08 Å². The molecule has 3 fully saturated rings. The first-order valence-corrected chi connectivity index (χ1v) is 14.0. The van der Waals surface area contributed by atoms with Crippen LogP contribution < -0.4 is 4.74 Å². The number of hydrogen-bond donors (Lipinski definition) is 0. The van der Waals surface area contributed by atoms with Crippen molar-refractivity contribution in [3.63, 3.8) is 0 Å². The molecule has 0 amide bonds. The summed E-state index contributed by atoms with van der Waals surface area (Å²) in [5, 5.41) is 0. The number of fused-ring (bicyclic) bond motifs is 4. The number of piperidine rings is 1. The standard InChI is InChI=1S/C31H39NO3/c1-31-20-27(21-5-9-24(10-6-21)35-18-17-32-15-3-2-4-16-32)30-25-12-8-23(33)19-22(25)7-11-26(30)28(31)13-14-29(31)34/h5-6,9-10,19,26-28H,2-4,7-8,11-18,20H2,1H3/t26-,27+,28-,31-/m0/s1. The zero-order valence-corrected chi connectivity index (χ0v) is 21.2. The van der Waals surface area contributed by atoms with Crippen molar-refractivity contribution in [1.29, 1.82) is 0 Å². The topological polar surface area (TPSA) is 46.6 Å². The lowest BCUT2D eigenvalue weighted by Crippen LogP contribution is -2.43. The lowest BCUT2D eigenvalue weighted by atomic mass is 9.53. The Morgan fingerprint density at radius 1 is 0.971 bits per heavy atom. The van der Waals surface area contributed by atoms with E-state index in [0.717, 1.165) is 57.4 Å². The SMILES string of the molecule is C[C@]12C[C@H](c3ccc(OCCN4CCCCC4)cc3)C3=C4CCC(=O)C=C4CC[C@H]3[C@@H]1CCC2=O. The highest BCUT2D eigenvalue weighted by Crippen LogP contribution is 2.62. The Morgan fingerprint density at radius 3 is 2.57 bits per heavy atom. The summed E-state index contributed by atoms with van der Waals surface area (Å²) in [6, 6.07) is 8.72. The quantitative estimate of drug-likeness (QED) is 0.525. The van der Waals surface area contributed by atoms with Gasteiger partial charge in [-0.05, 0) is 105 Å². The molecule has 1 aromatic rings. The molecule has 0 N–H and O–H groups in total. The number of carbonyl (C=O) groups is 2. The van der Waals surface area contributed by atoms with E-state index in [9.17, 15) is 9.59 Å². The van der Waals surface area contributed by atoms with E-state index in [1.165, 1.54) is 49.1 Å². The number of allylic oxidation sites excluding steroid dienone is 4. The molecule has 0 spiro atoms. The number of benzene rings is 1. The smallest absolute Gasteiger partial charge is 0.156 e. The van der Waals surface area contributed by atoms with Gasteiger partial charge in [-0.25, -0.2) is 0 Å². The summed E-state index contributed by atoms with van der Waals surface area (Å²) in [4.78, 5) is 27.8. The molecule has 35 heavy (non-hydrogen) atoms. The van der Waals surface area contributed by atoms with E-state index in [-0.39, 0.29) is 17.1 Å². The molecule has 4 atom stereocenters. The van der Waals surface area contributed by atoms with E-state index in [1.54, 1.807) is 5.57 Å². The third kappa shape index (κ3) is 4.22. The normalized spacial score (nSPS) is 33.2. The van der Waals surface area contributed by atoms with Crippen LogP contribution in [0.3, 0.4) is 0 Å². The van der Waals surface area contributed by atoms with E-state index < -0.39 is 0 Å². The predicted molar refractivity (Wildman–Crippen MR) is 137 cm³/mol. The molecular formula is C31H39NO3. The van der Waals surface area contributed by atoms with Crippen molar-refractivity contribution in [2.45, 2.75) is 77.0 Å². The molecule has 4 aliphatic carbocycles. The molecule has 0 unspecified atom stereocenters. The molecule has 0 radical (unpaired) electrons. The van der Waals surface area contributed by atoms with Gasteiger partial charge in [0.15, 0.2) is 5.78 Å². The number of hydrogen-bond acceptors (Lipinski definition) is 4. The van der Waals surface area contributed by atoms with Gasteiger partial charge in [-0.2, -0.15) is 0 Å². The number of carbonyl (C=O) groups excluding carboxylic acids is 2. The highest BCUT2D eigenvalue weighted by Gasteiger charge is 2.56. The van der Waals surface area contributed by atoms with Crippen molar-refractivity contribution in [3.05, 3.63) is 52.6 Å². The molecule has 6 rings (SSSR count). The van der Waals surface area contributed by atoms with Crippen LogP contribution in [0.1, 0.15) is 82.6 Å². The maximum absolute atomic E-state index is 13.1. The van der Waals surface area contributed by atoms with Crippen LogP contribution in [0, 0.1) is 17.3 Å². The van der Waals surface area contributed by atoms with Gasteiger partial charge in [-0.3, -0.25) is 14.5 Å². The third-order valence-electron chi connectivity index (χ3n) is 9.85. The van der Waals surface area contributed by atoms with E-state index in [0.29, 0.717) is 24.0 Å². The summed E-state index contributed by atoms with van der Waals surface area (Å²) in [6.07, 6.45) is 12.2. The number of rotatable bonds is 5. The monoisotopic (exact) mass is 473 g/mol. The molecule has 1 aliphatic heterocycles. The summed E-state index contributed by atoms with van der Waals surface area (Å²) in [5.41, 5.74) is 5.39. The fraction of sp³-hybridized carbons (Fsp3) is 0.613. The Balaban J connectivity index is 1.26. The maximum atomic E-state index is 13.1. The van der Waals surface area contributed by atoms with E-state index in [2.05, 4.69) is 36.1 Å². The molecule has 4 nitrogen and oxygen atoms in total. The fourth-order valence-corrected chi connectivity index (χ4v) is 8.00. The molecule has 1 aromatic carbocycles. The number of nitrogens with zero attached hydrogens (tertiary/aromatic N) is 1. The molecule has 0 aromatic heterocycles. The Kier molecular flexibility index (Phi) is 6.20. The minimum absolute atomic E-state index is 0.214. The van der Waals surface area contributed by atoms with Crippen LogP contribution in [0.15, 0.2) is 47.1 Å². The van der Waals surface area contributed by atoms with Crippen LogP contribution in [0.4, 0.5) is 0 Å². The van der Waals surface area contributed by atoms with E-state index >= 15 is 0 Å². The third-order valence-corrected chi connectivity index (χ3v) is 9.85. The minimum atomic E-state index is -0.214. The van der Waals surface area contributed by atoms with Gasteiger partial charge in [0, 0.05) is 30.7 Å². The van der Waals surface area contributed by atoms with Crippen LogP contribution >= 0.6 is 0 Å². The zero-order valence-electron chi connectivity index (χ0n) is 21.2. The molecule has 0 bridgehead atoms. The predicted octanol–water partition coefficient (Wildman–Crippen LogP) is 6.02. The van der Waals surface area contributed by atoms with Gasteiger partial charge in [-0.15, -0.1) is 0 Å². The second-order valence-corrected chi connectivity index (χ2v) is 11.8. The molecular weight excluding hydrogens is 434 g/mol. The van der Waals surface area contributed by atoms with Crippen LogP contribution in [-0.4, -0.2) is 42.7 Å². The fourth-order valence-electron chi connectivity index (χ4n) is 8.00. The Bertz CT molecular complexity index is 1060. The highest BCUT2D eigenvalue weighted by atomic mass is 16.5. The molecule has 5 aliphatic rings.